The lowest BCUT2D eigenvalue weighted by Gasteiger charge is -2.04. The molecule has 0 aromatic carbocycles. The Bertz CT molecular complexity index is 757. The van der Waals surface area contributed by atoms with Gasteiger partial charge in [-0.15, -0.1) is 0 Å². The fourth-order valence-corrected chi connectivity index (χ4v) is 1.91. The Morgan fingerprint density at radius 3 is 2.86 bits per heavy atom. The van der Waals surface area contributed by atoms with Crippen molar-refractivity contribution in [3.63, 3.8) is 0 Å². The zero-order valence-corrected chi connectivity index (χ0v) is 11.8. The molecule has 2 aromatic heterocycles. The van der Waals surface area contributed by atoms with Gasteiger partial charge >= 0.3 is 6.03 Å². The monoisotopic (exact) mass is 320 g/mol. The predicted molar refractivity (Wildman–Crippen MR) is 74.7 cm³/mol. The first kappa shape index (κ1) is 14.1. The van der Waals surface area contributed by atoms with Crippen LogP contribution < -0.4 is 15.4 Å². The van der Waals surface area contributed by atoms with Gasteiger partial charge in [0.25, 0.3) is 5.91 Å². The molecule has 2 N–H and O–H groups in total. The molecule has 0 saturated carbocycles. The fraction of sp³-hybridized carbons (Fsp3) is 0.0769. The average molecular weight is 321 g/mol. The third-order valence-electron chi connectivity index (χ3n) is 2.65. The van der Waals surface area contributed by atoms with Crippen molar-refractivity contribution in [2.24, 2.45) is 0 Å². The lowest BCUT2D eigenvalue weighted by atomic mass is 10.3. The first-order valence-electron chi connectivity index (χ1n) is 6.14. The quantitative estimate of drug-likeness (QED) is 0.502. The van der Waals surface area contributed by atoms with E-state index in [2.05, 4.69) is 20.6 Å². The third kappa shape index (κ3) is 3.23. The van der Waals surface area contributed by atoms with E-state index in [1.807, 2.05) is 0 Å². The van der Waals surface area contributed by atoms with Crippen LogP contribution in [0, 0.1) is 0 Å². The molecule has 0 aliphatic carbocycles. The number of carbonyl (C=O) groups is 2. The largest absolute Gasteiger partial charge is 0.469 e. The molecule has 2 aromatic rings. The van der Waals surface area contributed by atoms with E-state index >= 15 is 0 Å². The van der Waals surface area contributed by atoms with Gasteiger partial charge < -0.3 is 14.5 Å². The van der Waals surface area contributed by atoms with Crippen LogP contribution in [-0.4, -0.2) is 21.9 Å². The molecule has 1 aliphatic heterocycles. The highest BCUT2D eigenvalue weighted by atomic mass is 35.5. The zero-order valence-electron chi connectivity index (χ0n) is 11.0. The van der Waals surface area contributed by atoms with E-state index in [1.165, 1.54) is 18.4 Å². The molecular weight excluding hydrogens is 312 g/mol. The Balaban J connectivity index is 1.79. The number of hydrogen-bond acceptors (Lipinski definition) is 6. The number of nitrogens with one attached hydrogen (secondary N) is 2. The van der Waals surface area contributed by atoms with E-state index in [0.29, 0.717) is 11.5 Å². The van der Waals surface area contributed by atoms with Crippen LogP contribution in [0.25, 0.3) is 6.08 Å². The number of halogens is 1. The van der Waals surface area contributed by atoms with Crippen molar-refractivity contribution in [1.29, 1.82) is 0 Å². The smallest absolute Gasteiger partial charge is 0.326 e. The van der Waals surface area contributed by atoms with Gasteiger partial charge in [-0.25, -0.2) is 9.78 Å². The first-order chi connectivity index (χ1) is 10.6. The minimum absolute atomic E-state index is 0.0477. The summed E-state index contributed by atoms with van der Waals surface area (Å²) in [6.07, 6.45) is 2.90. The van der Waals surface area contributed by atoms with Crippen LogP contribution in [0.15, 0.2) is 34.6 Å². The molecule has 1 fully saturated rings. The summed E-state index contributed by atoms with van der Waals surface area (Å²) < 4.78 is 10.6. The minimum Gasteiger partial charge on any atom is -0.469 e. The van der Waals surface area contributed by atoms with Gasteiger partial charge in [-0.3, -0.25) is 10.1 Å². The topological polar surface area (TPSA) is 106 Å². The Hall–Kier alpha value is -2.87. The standard InChI is InChI=1S/C13H9ClN4O4/c14-12-15-7(4-9-11(19)18-13(20)16-9)5-10(17-12)22-6-8-2-1-3-21-8/h1-5H,6H2,(H2,16,18,19,20)/b9-4+. The van der Waals surface area contributed by atoms with E-state index in [4.69, 9.17) is 20.8 Å². The number of carbonyl (C=O) groups excluding carboxylic acids is 2. The second-order valence-electron chi connectivity index (χ2n) is 4.23. The second kappa shape index (κ2) is 5.86. The SMILES string of the molecule is O=C1NC(=O)/C(=C\c2cc(OCc3ccco3)nc(Cl)n2)N1. The molecule has 3 heterocycles. The number of aromatic nitrogens is 2. The number of imide groups is 1. The van der Waals surface area contributed by atoms with E-state index in [0.717, 1.165) is 0 Å². The van der Waals surface area contributed by atoms with Gasteiger partial charge in [-0.2, -0.15) is 4.98 Å². The maximum absolute atomic E-state index is 11.5. The highest BCUT2D eigenvalue weighted by molar-refractivity contribution is 6.28. The molecule has 9 heteroatoms. The number of furan rings is 1. The minimum atomic E-state index is -0.592. The van der Waals surface area contributed by atoms with Crippen LogP contribution in [-0.2, 0) is 11.4 Å². The maximum Gasteiger partial charge on any atom is 0.326 e. The molecule has 8 nitrogen and oxygen atoms in total. The van der Waals surface area contributed by atoms with Gasteiger partial charge in [-0.1, -0.05) is 0 Å². The normalized spacial score (nSPS) is 15.8. The van der Waals surface area contributed by atoms with Crippen LogP contribution in [0.3, 0.4) is 0 Å². The average Bonchev–Trinajstić information content (AvgIpc) is 3.06. The van der Waals surface area contributed by atoms with Crippen molar-refractivity contribution in [2.75, 3.05) is 0 Å². The summed E-state index contributed by atoms with van der Waals surface area (Å²) in [6, 6.07) is 4.39. The van der Waals surface area contributed by atoms with Crippen molar-refractivity contribution in [2.45, 2.75) is 6.61 Å². The number of rotatable bonds is 4. The number of amides is 3. The summed E-state index contributed by atoms with van der Waals surface area (Å²) in [5.41, 5.74) is 0.388. The van der Waals surface area contributed by atoms with Crippen LogP contribution >= 0.6 is 11.6 Å². The Morgan fingerprint density at radius 2 is 2.18 bits per heavy atom. The van der Waals surface area contributed by atoms with Crippen LogP contribution in [0.5, 0.6) is 5.88 Å². The lowest BCUT2D eigenvalue weighted by Crippen LogP contribution is -2.22. The molecule has 1 aliphatic rings. The summed E-state index contributed by atoms with van der Waals surface area (Å²) in [7, 11) is 0. The van der Waals surface area contributed by atoms with E-state index in [1.54, 1.807) is 12.1 Å². The van der Waals surface area contributed by atoms with E-state index < -0.39 is 11.9 Å². The predicted octanol–water partition coefficient (Wildman–Crippen LogP) is 1.48. The molecule has 0 unspecified atom stereocenters. The summed E-state index contributed by atoms with van der Waals surface area (Å²) in [4.78, 5) is 30.4. The van der Waals surface area contributed by atoms with Gasteiger partial charge in [0, 0.05) is 6.07 Å². The molecule has 112 valence electrons. The van der Waals surface area contributed by atoms with Crippen molar-refractivity contribution in [1.82, 2.24) is 20.6 Å². The van der Waals surface area contributed by atoms with Crippen molar-refractivity contribution >= 4 is 29.6 Å². The van der Waals surface area contributed by atoms with Gasteiger partial charge in [0.1, 0.15) is 18.1 Å². The zero-order chi connectivity index (χ0) is 15.5. The summed E-state index contributed by atoms with van der Waals surface area (Å²) in [5.74, 6) is 0.294. The van der Waals surface area contributed by atoms with E-state index in [-0.39, 0.29) is 23.5 Å². The van der Waals surface area contributed by atoms with Gasteiger partial charge in [0.2, 0.25) is 11.2 Å². The first-order valence-corrected chi connectivity index (χ1v) is 6.52. The number of urea groups is 1. The molecule has 0 atom stereocenters. The Labute approximate surface area is 129 Å². The molecule has 22 heavy (non-hydrogen) atoms. The molecule has 0 spiro atoms. The Morgan fingerprint density at radius 1 is 1.32 bits per heavy atom. The summed E-state index contributed by atoms with van der Waals surface area (Å²) in [5, 5.41) is 4.38. The Kier molecular flexibility index (Phi) is 3.75. The molecule has 1 saturated heterocycles. The molecule has 0 radical (unpaired) electrons. The molecule has 3 rings (SSSR count). The molecular formula is C13H9ClN4O4. The maximum atomic E-state index is 11.5. The summed E-state index contributed by atoms with van der Waals surface area (Å²) in [6.45, 7) is 0.174. The van der Waals surface area contributed by atoms with Crippen molar-refractivity contribution in [3.05, 3.63) is 46.9 Å². The lowest BCUT2D eigenvalue weighted by molar-refractivity contribution is -0.115. The number of nitrogens with zero attached hydrogens (tertiary/aromatic N) is 2. The molecule has 0 bridgehead atoms. The van der Waals surface area contributed by atoms with Crippen molar-refractivity contribution < 1.29 is 18.7 Å². The summed E-state index contributed by atoms with van der Waals surface area (Å²) >= 11 is 5.82. The number of ether oxygens (including phenoxy) is 1. The van der Waals surface area contributed by atoms with Crippen molar-refractivity contribution in [3.8, 4) is 5.88 Å². The van der Waals surface area contributed by atoms with Crippen LogP contribution in [0.1, 0.15) is 11.5 Å². The molecule has 3 amide bonds. The third-order valence-corrected chi connectivity index (χ3v) is 2.82. The van der Waals surface area contributed by atoms with Gasteiger partial charge in [0.05, 0.1) is 12.0 Å². The fourth-order valence-electron chi connectivity index (χ4n) is 1.73. The highest BCUT2D eigenvalue weighted by Gasteiger charge is 2.23. The number of hydrogen-bond donors (Lipinski definition) is 2. The van der Waals surface area contributed by atoms with Gasteiger partial charge in [-0.05, 0) is 29.8 Å². The van der Waals surface area contributed by atoms with Crippen LogP contribution in [0.4, 0.5) is 4.79 Å². The van der Waals surface area contributed by atoms with Gasteiger partial charge in [0.15, 0.2) is 0 Å². The van der Waals surface area contributed by atoms with Crippen LogP contribution in [0.2, 0.25) is 5.28 Å². The van der Waals surface area contributed by atoms with E-state index in [9.17, 15) is 9.59 Å². The highest BCUT2D eigenvalue weighted by Crippen LogP contribution is 2.17. The second-order valence-corrected chi connectivity index (χ2v) is 4.57.